The Bertz CT molecular complexity index is 288. The van der Waals surface area contributed by atoms with Crippen LogP contribution in [0.1, 0.15) is 10.4 Å². The van der Waals surface area contributed by atoms with Crippen LogP contribution in [0.25, 0.3) is 0 Å². The Labute approximate surface area is 80.6 Å². The predicted molar refractivity (Wildman–Crippen MR) is 49.6 cm³/mol. The first-order valence-corrected chi connectivity index (χ1v) is 4.12. The topological polar surface area (TPSA) is 29.1 Å². The van der Waals surface area contributed by atoms with E-state index in [2.05, 4.69) is 4.84 Å². The third-order valence-corrected chi connectivity index (χ3v) is 1.74. The molecule has 2 nitrogen and oxygen atoms in total. The van der Waals surface area contributed by atoms with Crippen LogP contribution in [0.5, 0.6) is 0 Å². The number of hydrogen-bond donors (Lipinski definition) is 1. The van der Waals surface area contributed by atoms with Crippen molar-refractivity contribution in [2.24, 2.45) is 0 Å². The summed E-state index contributed by atoms with van der Waals surface area (Å²) in [4.78, 5) is 13.5. The summed E-state index contributed by atoms with van der Waals surface area (Å²) in [6, 6.07) is 6.75. The molecule has 0 bridgehead atoms. The lowest BCUT2D eigenvalue weighted by Gasteiger charge is -1.98. The van der Waals surface area contributed by atoms with Gasteiger partial charge in [0.1, 0.15) is 0 Å². The molecular formula is C8H7Cl2NO. The largest absolute Gasteiger partial charge is 0.293 e. The molecule has 0 saturated heterocycles. The fourth-order valence-corrected chi connectivity index (χ4v) is 1.14. The highest BCUT2D eigenvalue weighted by atomic mass is 35.5. The van der Waals surface area contributed by atoms with Crippen LogP contribution in [0, 0.1) is 0 Å². The Morgan fingerprint density at radius 3 is 2.83 bits per heavy atom. The minimum Gasteiger partial charge on any atom is -0.293 e. The summed E-state index contributed by atoms with van der Waals surface area (Å²) in [6.45, 7) is 0.113. The SMILES string of the molecule is O=C(CNCl)c1cccc(Cl)c1. The molecule has 1 rings (SSSR count). The van der Waals surface area contributed by atoms with Gasteiger partial charge in [-0.3, -0.25) is 4.79 Å². The molecule has 12 heavy (non-hydrogen) atoms. The first kappa shape index (κ1) is 9.52. The molecule has 0 radical (unpaired) electrons. The number of nitrogens with one attached hydrogen (secondary N) is 1. The highest BCUT2D eigenvalue weighted by Crippen LogP contribution is 2.10. The van der Waals surface area contributed by atoms with E-state index < -0.39 is 0 Å². The molecule has 1 aromatic rings. The van der Waals surface area contributed by atoms with Crippen LogP contribution < -0.4 is 4.84 Å². The van der Waals surface area contributed by atoms with Crippen molar-refractivity contribution >= 4 is 29.2 Å². The quantitative estimate of drug-likeness (QED) is 0.604. The van der Waals surface area contributed by atoms with Crippen LogP contribution >= 0.6 is 23.4 Å². The number of benzene rings is 1. The molecule has 1 aromatic carbocycles. The second kappa shape index (κ2) is 4.45. The Morgan fingerprint density at radius 2 is 2.25 bits per heavy atom. The molecule has 0 aliphatic carbocycles. The molecule has 4 heteroatoms. The zero-order valence-corrected chi connectivity index (χ0v) is 7.69. The molecule has 0 amide bonds. The number of halogens is 2. The number of Topliss-reactive ketones (excluding diaryl/α,β-unsaturated/α-hetero) is 1. The van der Waals surface area contributed by atoms with Crippen molar-refractivity contribution in [2.45, 2.75) is 0 Å². The fraction of sp³-hybridized carbons (Fsp3) is 0.125. The van der Waals surface area contributed by atoms with Gasteiger partial charge in [-0.1, -0.05) is 23.7 Å². The summed E-state index contributed by atoms with van der Waals surface area (Å²) >= 11 is 10.9. The van der Waals surface area contributed by atoms with E-state index >= 15 is 0 Å². The van der Waals surface area contributed by atoms with E-state index in [1.807, 2.05) is 0 Å². The second-order valence-corrected chi connectivity index (χ2v) is 2.95. The molecule has 1 N–H and O–H groups in total. The maximum atomic E-state index is 11.2. The van der Waals surface area contributed by atoms with Crippen molar-refractivity contribution in [1.29, 1.82) is 0 Å². The monoisotopic (exact) mass is 203 g/mol. The second-order valence-electron chi connectivity index (χ2n) is 2.24. The molecular weight excluding hydrogens is 197 g/mol. The van der Waals surface area contributed by atoms with Crippen LogP contribution in [0.2, 0.25) is 5.02 Å². The summed E-state index contributed by atoms with van der Waals surface area (Å²) in [5.41, 5.74) is 0.565. The van der Waals surface area contributed by atoms with E-state index in [-0.39, 0.29) is 12.3 Å². The van der Waals surface area contributed by atoms with Gasteiger partial charge in [0.2, 0.25) is 0 Å². The normalized spacial score (nSPS) is 9.83. The minimum absolute atomic E-state index is 0.0764. The van der Waals surface area contributed by atoms with Gasteiger partial charge in [-0.05, 0) is 23.9 Å². The van der Waals surface area contributed by atoms with Crippen molar-refractivity contribution < 1.29 is 4.79 Å². The van der Waals surface area contributed by atoms with Gasteiger partial charge in [0.25, 0.3) is 0 Å². The number of carbonyl (C=O) groups excluding carboxylic acids is 1. The zero-order chi connectivity index (χ0) is 8.97. The van der Waals surface area contributed by atoms with E-state index in [1.54, 1.807) is 24.3 Å². The van der Waals surface area contributed by atoms with Crippen LogP contribution in [0.3, 0.4) is 0 Å². The van der Waals surface area contributed by atoms with Crippen molar-refractivity contribution in [3.8, 4) is 0 Å². The molecule has 0 fully saturated rings. The van der Waals surface area contributed by atoms with E-state index in [0.29, 0.717) is 10.6 Å². The van der Waals surface area contributed by atoms with Gasteiger partial charge < -0.3 is 0 Å². The standard InChI is InChI=1S/C8H7Cl2NO/c9-7-3-1-2-6(4-7)8(12)5-11-10/h1-4,11H,5H2. The Balaban J connectivity index is 2.81. The molecule has 0 unspecified atom stereocenters. The summed E-state index contributed by atoms with van der Waals surface area (Å²) in [7, 11) is 0. The molecule has 0 aliphatic rings. The smallest absolute Gasteiger partial charge is 0.177 e. The molecule has 0 aliphatic heterocycles. The van der Waals surface area contributed by atoms with Gasteiger partial charge in [-0.15, -0.1) is 0 Å². The number of hydrogen-bond acceptors (Lipinski definition) is 2. The van der Waals surface area contributed by atoms with Crippen LogP contribution in [-0.4, -0.2) is 12.3 Å². The Kier molecular flexibility index (Phi) is 3.53. The average molecular weight is 204 g/mol. The summed E-state index contributed by atoms with van der Waals surface area (Å²) in [5.74, 6) is -0.0764. The summed E-state index contributed by atoms with van der Waals surface area (Å²) < 4.78 is 0. The Morgan fingerprint density at radius 1 is 1.50 bits per heavy atom. The minimum atomic E-state index is -0.0764. The van der Waals surface area contributed by atoms with Crippen molar-refractivity contribution in [3.63, 3.8) is 0 Å². The van der Waals surface area contributed by atoms with Crippen molar-refractivity contribution in [2.75, 3.05) is 6.54 Å². The van der Waals surface area contributed by atoms with Crippen molar-refractivity contribution in [1.82, 2.24) is 4.84 Å². The third-order valence-electron chi connectivity index (χ3n) is 1.37. The van der Waals surface area contributed by atoms with E-state index in [9.17, 15) is 4.79 Å². The van der Waals surface area contributed by atoms with Gasteiger partial charge in [0.05, 0.1) is 6.54 Å². The maximum Gasteiger partial charge on any atom is 0.177 e. The van der Waals surface area contributed by atoms with Gasteiger partial charge >= 0.3 is 0 Å². The predicted octanol–water partition coefficient (Wildman–Crippen LogP) is 2.27. The van der Waals surface area contributed by atoms with Crippen molar-refractivity contribution in [3.05, 3.63) is 34.9 Å². The van der Waals surface area contributed by atoms with E-state index in [1.165, 1.54) is 0 Å². The van der Waals surface area contributed by atoms with Gasteiger partial charge in [-0.25, -0.2) is 4.84 Å². The lowest BCUT2D eigenvalue weighted by Crippen LogP contribution is -2.14. The average Bonchev–Trinajstić information content (AvgIpc) is 2.05. The number of ketones is 1. The van der Waals surface area contributed by atoms with E-state index in [4.69, 9.17) is 23.4 Å². The molecule has 64 valence electrons. The van der Waals surface area contributed by atoms with Gasteiger partial charge in [0.15, 0.2) is 5.78 Å². The number of carbonyl (C=O) groups is 1. The third kappa shape index (κ3) is 2.48. The highest BCUT2D eigenvalue weighted by molar-refractivity contribution is 6.31. The van der Waals surface area contributed by atoms with Crippen LogP contribution in [0.15, 0.2) is 24.3 Å². The first-order valence-electron chi connectivity index (χ1n) is 3.36. The molecule has 0 saturated carbocycles. The summed E-state index contributed by atoms with van der Waals surface area (Å²) in [6.07, 6.45) is 0. The van der Waals surface area contributed by atoms with Gasteiger partial charge in [0, 0.05) is 10.6 Å². The van der Waals surface area contributed by atoms with Gasteiger partial charge in [-0.2, -0.15) is 0 Å². The lowest BCUT2D eigenvalue weighted by molar-refractivity contribution is 0.0997. The molecule has 0 aromatic heterocycles. The van der Waals surface area contributed by atoms with E-state index in [0.717, 1.165) is 0 Å². The fourth-order valence-electron chi connectivity index (χ4n) is 0.825. The molecule has 0 heterocycles. The maximum absolute atomic E-state index is 11.2. The summed E-state index contributed by atoms with van der Waals surface area (Å²) in [5, 5.41) is 0.551. The Hall–Kier alpha value is -0.570. The highest BCUT2D eigenvalue weighted by Gasteiger charge is 2.03. The zero-order valence-electron chi connectivity index (χ0n) is 6.18. The number of rotatable bonds is 3. The van der Waals surface area contributed by atoms with Crippen LogP contribution in [-0.2, 0) is 0 Å². The van der Waals surface area contributed by atoms with Crippen LogP contribution in [0.4, 0.5) is 0 Å². The molecule has 0 atom stereocenters. The first-order chi connectivity index (χ1) is 5.74. The molecule has 0 spiro atoms. The lowest BCUT2D eigenvalue weighted by atomic mass is 10.1.